The molecule has 1 aromatic heterocycles. The van der Waals surface area contributed by atoms with Crippen LogP contribution in [0.3, 0.4) is 0 Å². The Kier molecular flexibility index (Phi) is 6.75. The van der Waals surface area contributed by atoms with E-state index in [1.807, 2.05) is 13.0 Å². The summed E-state index contributed by atoms with van der Waals surface area (Å²) in [7, 11) is 3.34. The number of amides is 1. The van der Waals surface area contributed by atoms with Crippen molar-refractivity contribution in [2.24, 2.45) is 5.92 Å². The summed E-state index contributed by atoms with van der Waals surface area (Å²) in [5.41, 5.74) is 6.42. The summed E-state index contributed by atoms with van der Waals surface area (Å²) in [5.74, 6) is -1.00. The number of aromatic nitrogens is 1. The molecule has 5 rings (SSSR count). The zero-order valence-corrected chi connectivity index (χ0v) is 23.5. The van der Waals surface area contributed by atoms with Gasteiger partial charge in [-0.2, -0.15) is 0 Å². The molecule has 7 nitrogen and oxygen atoms in total. The summed E-state index contributed by atoms with van der Waals surface area (Å²) < 4.78 is 20.6. The number of likely N-dealkylation sites (N-methyl/N-ethyl adjacent to an activating group) is 1. The van der Waals surface area contributed by atoms with E-state index in [2.05, 4.69) is 11.5 Å². The maximum atomic E-state index is 15.1. The fourth-order valence-electron chi connectivity index (χ4n) is 6.43. The van der Waals surface area contributed by atoms with Crippen LogP contribution in [0.5, 0.6) is 0 Å². The van der Waals surface area contributed by atoms with Gasteiger partial charge in [0.15, 0.2) is 0 Å². The minimum absolute atomic E-state index is 0.304. The van der Waals surface area contributed by atoms with Crippen molar-refractivity contribution in [2.75, 3.05) is 20.8 Å². The molecule has 1 aromatic carbocycles. The summed E-state index contributed by atoms with van der Waals surface area (Å²) in [6, 6.07) is 1.16. The Hall–Kier alpha value is -3.36. The van der Waals surface area contributed by atoms with Crippen molar-refractivity contribution in [3.8, 4) is 0 Å². The standard InChI is InChI=1S/C31H36FN3O4/c1-8-18(14-36)20-11-26-29-21(13-35(26)17(3)22(20)15-39-7)28-25(34(6)30(37)31(4,5)38)10-9-19-16(2)23(32)12-24(33-29)27(19)28/h11-12,14,18,25,38H,3,8-10,13,15H2,1-2,4-7H3. The number of carbonyl (C=O) groups excluding carboxylic acids is 2. The topological polar surface area (TPSA) is 83.0 Å². The molecule has 0 fully saturated rings. The Balaban J connectivity index is 1.79. The van der Waals surface area contributed by atoms with Gasteiger partial charge < -0.3 is 24.4 Å². The van der Waals surface area contributed by atoms with Gasteiger partial charge in [-0.1, -0.05) is 13.5 Å². The third-order valence-electron chi connectivity index (χ3n) is 8.51. The first-order valence-electron chi connectivity index (χ1n) is 13.4. The summed E-state index contributed by atoms with van der Waals surface area (Å²) in [4.78, 5) is 33.9. The number of hydrogen-bond donors (Lipinski definition) is 1. The van der Waals surface area contributed by atoms with Crippen molar-refractivity contribution in [2.45, 2.75) is 65.1 Å². The third kappa shape index (κ3) is 4.12. The molecule has 2 unspecified atom stereocenters. The van der Waals surface area contributed by atoms with Gasteiger partial charge in [0.2, 0.25) is 0 Å². The van der Waals surface area contributed by atoms with Crippen LogP contribution in [0.4, 0.5) is 4.39 Å². The number of carbonyl (C=O) groups is 2. The lowest BCUT2D eigenvalue weighted by atomic mass is 9.81. The number of hydrogen-bond acceptors (Lipinski definition) is 6. The number of benzene rings is 1. The van der Waals surface area contributed by atoms with Gasteiger partial charge in [-0.3, -0.25) is 4.79 Å². The normalized spacial score (nSPS) is 19.2. The molecule has 0 bridgehead atoms. The molecular formula is C31H36FN3O4. The highest BCUT2D eigenvalue weighted by Gasteiger charge is 2.41. The van der Waals surface area contributed by atoms with Crippen LogP contribution in [0.2, 0.25) is 0 Å². The van der Waals surface area contributed by atoms with E-state index < -0.39 is 5.60 Å². The fraction of sp³-hybridized carbons (Fsp3) is 0.452. The average Bonchev–Trinajstić information content (AvgIpc) is 3.27. The molecule has 0 spiro atoms. The minimum atomic E-state index is -1.53. The van der Waals surface area contributed by atoms with Crippen LogP contribution < -0.4 is 0 Å². The Morgan fingerprint density at radius 3 is 2.74 bits per heavy atom. The molecule has 2 aliphatic heterocycles. The highest BCUT2D eigenvalue weighted by Crippen LogP contribution is 2.50. The molecule has 8 heteroatoms. The van der Waals surface area contributed by atoms with Crippen molar-refractivity contribution in [3.05, 3.63) is 69.3 Å². The van der Waals surface area contributed by atoms with Gasteiger partial charge in [0.25, 0.3) is 5.91 Å². The smallest absolute Gasteiger partial charge is 0.254 e. The van der Waals surface area contributed by atoms with Crippen molar-refractivity contribution >= 4 is 28.8 Å². The zero-order chi connectivity index (χ0) is 28.4. The zero-order valence-electron chi connectivity index (χ0n) is 23.5. The number of methoxy groups -OCH3 is 1. The van der Waals surface area contributed by atoms with E-state index in [0.717, 1.165) is 50.9 Å². The predicted octanol–water partition coefficient (Wildman–Crippen LogP) is 4.75. The van der Waals surface area contributed by atoms with E-state index in [4.69, 9.17) is 9.72 Å². The largest absolute Gasteiger partial charge is 0.381 e. The average molecular weight is 534 g/mol. The number of aliphatic hydroxyl groups is 1. The molecule has 2 aromatic rings. The molecule has 1 amide bonds. The van der Waals surface area contributed by atoms with Gasteiger partial charge in [0.05, 0.1) is 36.1 Å². The highest BCUT2D eigenvalue weighted by molar-refractivity contribution is 5.94. The Morgan fingerprint density at radius 1 is 1.41 bits per heavy atom. The summed E-state index contributed by atoms with van der Waals surface area (Å²) in [6.45, 7) is 11.9. The monoisotopic (exact) mass is 533 g/mol. The van der Waals surface area contributed by atoms with Gasteiger partial charge in [-0.25, -0.2) is 9.37 Å². The van der Waals surface area contributed by atoms with E-state index in [1.165, 1.54) is 19.9 Å². The maximum absolute atomic E-state index is 15.1. The molecule has 0 radical (unpaired) electrons. The number of rotatable bonds is 7. The van der Waals surface area contributed by atoms with Crippen molar-refractivity contribution < 1.29 is 23.8 Å². The van der Waals surface area contributed by atoms with Gasteiger partial charge in [0, 0.05) is 48.4 Å². The van der Waals surface area contributed by atoms with E-state index in [-0.39, 0.29) is 23.7 Å². The van der Waals surface area contributed by atoms with E-state index in [1.54, 1.807) is 26.0 Å². The van der Waals surface area contributed by atoms with Crippen molar-refractivity contribution in [1.82, 2.24) is 14.8 Å². The Labute approximate surface area is 228 Å². The SMILES string of the molecule is C=C1C(COC)=C(C(C=O)CC)C=C2c3nc4cc(F)c(C)c5c4c(c3CN12)C(N(C)C(=O)C(C)(C)O)CC5. The predicted molar refractivity (Wildman–Crippen MR) is 148 cm³/mol. The van der Waals surface area contributed by atoms with Gasteiger partial charge in [-0.05, 0) is 68.4 Å². The number of nitrogens with zero attached hydrogens (tertiary/aromatic N) is 3. The number of ether oxygens (including phenoxy) is 1. The molecule has 2 atom stereocenters. The lowest BCUT2D eigenvalue weighted by molar-refractivity contribution is -0.149. The number of aldehydes is 1. The molecule has 3 aliphatic rings. The van der Waals surface area contributed by atoms with Crippen LogP contribution in [0.25, 0.3) is 16.6 Å². The Morgan fingerprint density at radius 2 is 2.13 bits per heavy atom. The van der Waals surface area contributed by atoms with Crippen molar-refractivity contribution in [1.29, 1.82) is 0 Å². The van der Waals surface area contributed by atoms with Crippen LogP contribution in [0, 0.1) is 18.7 Å². The van der Waals surface area contributed by atoms with Crippen LogP contribution in [0.15, 0.2) is 35.6 Å². The molecule has 206 valence electrons. The molecule has 0 saturated heterocycles. The number of allylic oxidation sites excluding steroid dienone is 2. The van der Waals surface area contributed by atoms with E-state index in [9.17, 15) is 14.7 Å². The lowest BCUT2D eigenvalue weighted by Gasteiger charge is -2.37. The molecule has 1 N–H and O–H groups in total. The summed E-state index contributed by atoms with van der Waals surface area (Å²) in [5, 5.41) is 11.4. The number of halogens is 1. The second-order valence-electron chi connectivity index (χ2n) is 11.3. The first-order chi connectivity index (χ1) is 18.4. The van der Waals surface area contributed by atoms with Crippen LogP contribution in [0.1, 0.15) is 67.6 Å². The second-order valence-corrected chi connectivity index (χ2v) is 11.3. The molecule has 1 aliphatic carbocycles. The van der Waals surface area contributed by atoms with Crippen LogP contribution >= 0.6 is 0 Å². The van der Waals surface area contributed by atoms with Crippen LogP contribution in [-0.4, -0.2) is 58.4 Å². The summed E-state index contributed by atoms with van der Waals surface area (Å²) >= 11 is 0. The number of aryl methyl sites for hydroxylation is 1. The molecule has 39 heavy (non-hydrogen) atoms. The van der Waals surface area contributed by atoms with E-state index in [0.29, 0.717) is 49.2 Å². The number of pyridine rings is 1. The first kappa shape index (κ1) is 27.2. The molecule has 0 saturated carbocycles. The third-order valence-corrected chi connectivity index (χ3v) is 8.51. The summed E-state index contributed by atoms with van der Waals surface area (Å²) in [6.07, 6.45) is 4.78. The minimum Gasteiger partial charge on any atom is -0.381 e. The van der Waals surface area contributed by atoms with Gasteiger partial charge >= 0.3 is 0 Å². The number of fused-ring (bicyclic) bond motifs is 4. The lowest BCUT2D eigenvalue weighted by Crippen LogP contribution is -2.45. The highest BCUT2D eigenvalue weighted by atomic mass is 19.1. The van der Waals surface area contributed by atoms with Crippen molar-refractivity contribution in [3.63, 3.8) is 0 Å². The second kappa shape index (κ2) is 9.68. The quantitative estimate of drug-likeness (QED) is 0.518. The maximum Gasteiger partial charge on any atom is 0.254 e. The fourth-order valence-corrected chi connectivity index (χ4v) is 6.43. The molecular weight excluding hydrogens is 497 g/mol. The first-order valence-corrected chi connectivity index (χ1v) is 13.4. The Bertz CT molecular complexity index is 1480. The van der Waals surface area contributed by atoms with Gasteiger partial charge in [0.1, 0.15) is 17.7 Å². The molecule has 3 heterocycles. The van der Waals surface area contributed by atoms with Gasteiger partial charge in [-0.15, -0.1) is 0 Å². The van der Waals surface area contributed by atoms with E-state index >= 15 is 4.39 Å². The van der Waals surface area contributed by atoms with Crippen LogP contribution in [-0.2, 0) is 27.3 Å².